The van der Waals surface area contributed by atoms with E-state index in [4.69, 9.17) is 4.74 Å². The second kappa shape index (κ2) is 8.29. The molecule has 0 bridgehead atoms. The lowest BCUT2D eigenvalue weighted by Gasteiger charge is -2.19. The molecule has 0 aliphatic heterocycles. The van der Waals surface area contributed by atoms with Crippen molar-refractivity contribution in [1.29, 1.82) is 0 Å². The van der Waals surface area contributed by atoms with E-state index in [1.165, 1.54) is 6.92 Å². The van der Waals surface area contributed by atoms with Gasteiger partial charge in [-0.1, -0.05) is 12.2 Å². The van der Waals surface area contributed by atoms with Gasteiger partial charge in [0.05, 0.1) is 5.92 Å². The molecule has 0 saturated carbocycles. The van der Waals surface area contributed by atoms with Crippen LogP contribution in [-0.2, 0) is 19.1 Å². The van der Waals surface area contributed by atoms with Crippen LogP contribution in [0.5, 0.6) is 0 Å². The summed E-state index contributed by atoms with van der Waals surface area (Å²) in [6, 6.07) is 6.71. The zero-order chi connectivity index (χ0) is 17.5. The molecule has 0 spiro atoms. The van der Waals surface area contributed by atoms with E-state index in [9.17, 15) is 14.4 Å². The minimum Gasteiger partial charge on any atom is -0.452 e. The number of nitrogens with one attached hydrogen (secondary N) is 2. The molecule has 6 heteroatoms. The SMILES string of the molecule is CC(=O)Nc1ccc(NC(=O)[C@@H](C)OC(=O)[C@H]2CC=CCC2)cc1. The number of hydrogen-bond acceptors (Lipinski definition) is 4. The number of esters is 1. The molecule has 6 nitrogen and oxygen atoms in total. The number of rotatable bonds is 5. The van der Waals surface area contributed by atoms with Crippen LogP contribution < -0.4 is 10.6 Å². The summed E-state index contributed by atoms with van der Waals surface area (Å²) in [7, 11) is 0. The first-order valence-electron chi connectivity index (χ1n) is 7.99. The first kappa shape index (κ1) is 17.7. The maximum Gasteiger partial charge on any atom is 0.310 e. The van der Waals surface area contributed by atoms with E-state index in [1.54, 1.807) is 31.2 Å². The van der Waals surface area contributed by atoms with Gasteiger partial charge in [-0.3, -0.25) is 14.4 Å². The Labute approximate surface area is 141 Å². The predicted molar refractivity (Wildman–Crippen MR) is 91.4 cm³/mol. The van der Waals surface area contributed by atoms with E-state index >= 15 is 0 Å². The molecule has 24 heavy (non-hydrogen) atoms. The molecule has 0 saturated heterocycles. The Bertz CT molecular complexity index is 637. The Kier molecular flexibility index (Phi) is 6.12. The normalized spacial score (nSPS) is 17.7. The summed E-state index contributed by atoms with van der Waals surface area (Å²) in [5, 5.41) is 5.33. The second-order valence-corrected chi connectivity index (χ2v) is 5.81. The van der Waals surface area contributed by atoms with Gasteiger partial charge in [-0.15, -0.1) is 0 Å². The molecule has 0 aromatic heterocycles. The summed E-state index contributed by atoms with van der Waals surface area (Å²) < 4.78 is 5.26. The van der Waals surface area contributed by atoms with E-state index in [0.29, 0.717) is 17.8 Å². The zero-order valence-electron chi connectivity index (χ0n) is 13.9. The van der Waals surface area contributed by atoms with Crippen molar-refractivity contribution in [2.24, 2.45) is 5.92 Å². The van der Waals surface area contributed by atoms with Crippen LogP contribution in [0, 0.1) is 5.92 Å². The number of anilines is 2. The van der Waals surface area contributed by atoms with Crippen molar-refractivity contribution in [1.82, 2.24) is 0 Å². The molecule has 2 atom stereocenters. The smallest absolute Gasteiger partial charge is 0.310 e. The van der Waals surface area contributed by atoms with Crippen LogP contribution in [0.1, 0.15) is 33.1 Å². The summed E-state index contributed by atoms with van der Waals surface area (Å²) in [5.41, 5.74) is 1.21. The van der Waals surface area contributed by atoms with Crippen LogP contribution in [0.15, 0.2) is 36.4 Å². The van der Waals surface area contributed by atoms with Crippen molar-refractivity contribution in [3.05, 3.63) is 36.4 Å². The lowest BCUT2D eigenvalue weighted by molar-refractivity contribution is -0.157. The van der Waals surface area contributed by atoms with E-state index in [2.05, 4.69) is 10.6 Å². The minimum atomic E-state index is -0.863. The van der Waals surface area contributed by atoms with Gasteiger partial charge in [-0.2, -0.15) is 0 Å². The maximum atomic E-state index is 12.1. The highest BCUT2D eigenvalue weighted by atomic mass is 16.5. The van der Waals surface area contributed by atoms with E-state index in [-0.39, 0.29) is 23.7 Å². The van der Waals surface area contributed by atoms with Crippen LogP contribution in [0.2, 0.25) is 0 Å². The fraction of sp³-hybridized carbons (Fsp3) is 0.389. The van der Waals surface area contributed by atoms with Crippen molar-refractivity contribution in [2.75, 3.05) is 10.6 Å². The highest BCUT2D eigenvalue weighted by molar-refractivity contribution is 5.95. The Morgan fingerprint density at radius 2 is 1.71 bits per heavy atom. The predicted octanol–water partition coefficient (Wildman–Crippen LogP) is 2.87. The number of hydrogen-bond donors (Lipinski definition) is 2. The van der Waals surface area contributed by atoms with Gasteiger partial charge in [0.25, 0.3) is 5.91 Å². The topological polar surface area (TPSA) is 84.5 Å². The third-order valence-corrected chi connectivity index (χ3v) is 3.74. The lowest BCUT2D eigenvalue weighted by atomic mass is 9.95. The Morgan fingerprint density at radius 3 is 2.25 bits per heavy atom. The number of carbonyl (C=O) groups is 3. The van der Waals surface area contributed by atoms with Crippen molar-refractivity contribution >= 4 is 29.2 Å². The molecular weight excluding hydrogens is 308 g/mol. The van der Waals surface area contributed by atoms with E-state index < -0.39 is 6.10 Å². The van der Waals surface area contributed by atoms with Gasteiger partial charge < -0.3 is 15.4 Å². The van der Waals surface area contributed by atoms with Crippen LogP contribution in [0.25, 0.3) is 0 Å². The molecule has 2 N–H and O–H groups in total. The molecule has 1 aromatic rings. The molecule has 2 rings (SSSR count). The number of allylic oxidation sites excluding steroid dienone is 2. The van der Waals surface area contributed by atoms with Gasteiger partial charge in [-0.25, -0.2) is 0 Å². The van der Waals surface area contributed by atoms with Crippen LogP contribution in [-0.4, -0.2) is 23.9 Å². The van der Waals surface area contributed by atoms with Crippen molar-refractivity contribution in [2.45, 2.75) is 39.2 Å². The van der Waals surface area contributed by atoms with Gasteiger partial charge in [0.2, 0.25) is 5.91 Å². The molecule has 0 unspecified atom stereocenters. The van der Waals surface area contributed by atoms with Crippen molar-refractivity contribution in [3.8, 4) is 0 Å². The Hall–Kier alpha value is -2.63. The molecule has 1 aromatic carbocycles. The highest BCUT2D eigenvalue weighted by Gasteiger charge is 2.25. The molecule has 128 valence electrons. The van der Waals surface area contributed by atoms with Gasteiger partial charge in [-0.05, 0) is 50.5 Å². The Morgan fingerprint density at radius 1 is 1.08 bits per heavy atom. The average molecular weight is 330 g/mol. The van der Waals surface area contributed by atoms with Crippen LogP contribution in [0.4, 0.5) is 11.4 Å². The molecule has 0 heterocycles. The first-order chi connectivity index (χ1) is 11.5. The first-order valence-corrected chi connectivity index (χ1v) is 7.99. The van der Waals surface area contributed by atoms with Gasteiger partial charge in [0, 0.05) is 18.3 Å². The lowest BCUT2D eigenvalue weighted by Crippen LogP contribution is -2.32. The summed E-state index contributed by atoms with van der Waals surface area (Å²) in [4.78, 5) is 35.1. The average Bonchev–Trinajstić information content (AvgIpc) is 2.56. The zero-order valence-corrected chi connectivity index (χ0v) is 13.9. The largest absolute Gasteiger partial charge is 0.452 e. The third-order valence-electron chi connectivity index (χ3n) is 3.74. The van der Waals surface area contributed by atoms with Gasteiger partial charge in [0.15, 0.2) is 6.10 Å². The third kappa shape index (κ3) is 5.22. The fourth-order valence-electron chi connectivity index (χ4n) is 2.42. The summed E-state index contributed by atoms with van der Waals surface area (Å²) in [6.45, 7) is 2.98. The van der Waals surface area contributed by atoms with Gasteiger partial charge >= 0.3 is 5.97 Å². The van der Waals surface area contributed by atoms with E-state index in [1.807, 2.05) is 12.2 Å². The molecule has 1 aliphatic carbocycles. The molecular formula is C18H22N2O4. The van der Waals surface area contributed by atoms with Crippen molar-refractivity contribution < 1.29 is 19.1 Å². The number of amides is 2. The molecule has 0 radical (unpaired) electrons. The quantitative estimate of drug-likeness (QED) is 0.642. The second-order valence-electron chi connectivity index (χ2n) is 5.81. The van der Waals surface area contributed by atoms with Crippen LogP contribution >= 0.6 is 0 Å². The number of ether oxygens (including phenoxy) is 1. The summed E-state index contributed by atoms with van der Waals surface area (Å²) >= 11 is 0. The minimum absolute atomic E-state index is 0.162. The highest BCUT2D eigenvalue weighted by Crippen LogP contribution is 2.20. The summed E-state index contributed by atoms with van der Waals surface area (Å²) in [5.74, 6) is -1.04. The standard InChI is InChI=1S/C18H22N2O4/c1-12(24-18(23)14-6-4-3-5-7-14)17(22)20-16-10-8-15(9-11-16)19-13(2)21/h3-4,8-12,14H,5-7H2,1-2H3,(H,19,21)(H,20,22)/t12-,14+/m1/s1. The monoisotopic (exact) mass is 330 g/mol. The molecule has 1 aliphatic rings. The maximum absolute atomic E-state index is 12.1. The molecule has 2 amide bonds. The molecule has 0 fully saturated rings. The fourth-order valence-corrected chi connectivity index (χ4v) is 2.42. The van der Waals surface area contributed by atoms with Crippen molar-refractivity contribution in [3.63, 3.8) is 0 Å². The summed E-state index contributed by atoms with van der Waals surface area (Å²) in [6.07, 6.45) is 5.44. The Balaban J connectivity index is 1.85. The number of benzene rings is 1. The number of carbonyl (C=O) groups excluding carboxylic acids is 3. The van der Waals surface area contributed by atoms with E-state index in [0.717, 1.165) is 12.8 Å². The van der Waals surface area contributed by atoms with Gasteiger partial charge in [0.1, 0.15) is 0 Å². The van der Waals surface area contributed by atoms with Crippen LogP contribution in [0.3, 0.4) is 0 Å².